The van der Waals surface area contributed by atoms with Crippen LogP contribution in [0.25, 0.3) is 0 Å². The van der Waals surface area contributed by atoms with E-state index in [-0.39, 0.29) is 6.61 Å². The van der Waals surface area contributed by atoms with Gasteiger partial charge in [-0.2, -0.15) is 5.90 Å². The fraction of sp³-hybridized carbons (Fsp3) is 0.833. The maximum atomic E-state index is 10.6. The van der Waals surface area contributed by atoms with Gasteiger partial charge in [-0.05, 0) is 19.3 Å². The van der Waals surface area contributed by atoms with Gasteiger partial charge in [0, 0.05) is 6.61 Å². The van der Waals surface area contributed by atoms with Gasteiger partial charge in [-0.3, -0.25) is 0 Å². The molecule has 0 aliphatic rings. The lowest BCUT2D eigenvalue weighted by Crippen LogP contribution is -2.33. The minimum Gasteiger partial charge on any atom is -0.396 e. The Balaban J connectivity index is 3.36. The summed E-state index contributed by atoms with van der Waals surface area (Å²) in [5.41, 5.74) is 5.33. The fourth-order valence-corrected chi connectivity index (χ4v) is 0.681. The molecule has 0 saturated heterocycles. The molecule has 0 aliphatic heterocycles. The van der Waals surface area contributed by atoms with Crippen molar-refractivity contribution in [1.29, 1.82) is 0 Å². The van der Waals surface area contributed by atoms with Gasteiger partial charge in [0.15, 0.2) is 0 Å². The van der Waals surface area contributed by atoms with Crippen molar-refractivity contribution in [3.8, 4) is 0 Å². The number of hydrogen-bond acceptors (Lipinski definition) is 5. The van der Waals surface area contributed by atoms with Crippen LogP contribution in [0.4, 0.5) is 0 Å². The maximum absolute atomic E-state index is 10.6. The molecule has 0 spiro atoms. The van der Waals surface area contributed by atoms with Crippen molar-refractivity contribution in [3.05, 3.63) is 0 Å². The predicted octanol–water partition coefficient (Wildman–Crippen LogP) is -1.11. The van der Waals surface area contributed by atoms with Crippen LogP contribution in [0.15, 0.2) is 0 Å². The first-order valence-electron chi connectivity index (χ1n) is 3.49. The first-order valence-corrected chi connectivity index (χ1v) is 3.49. The van der Waals surface area contributed by atoms with E-state index in [0.29, 0.717) is 19.3 Å². The average Bonchev–Trinajstić information content (AvgIpc) is 2.03. The largest absolute Gasteiger partial charge is 0.396 e. The van der Waals surface area contributed by atoms with E-state index < -0.39 is 12.0 Å². The highest BCUT2D eigenvalue weighted by molar-refractivity contribution is 5.74. The summed E-state index contributed by atoms with van der Waals surface area (Å²) in [4.78, 5) is 14.5. The molecule has 1 unspecified atom stereocenters. The SMILES string of the molecule is NOC(=O)C(N)CCCCO. The van der Waals surface area contributed by atoms with Gasteiger partial charge < -0.3 is 15.7 Å². The molecule has 11 heavy (non-hydrogen) atoms. The van der Waals surface area contributed by atoms with Crippen molar-refractivity contribution in [3.63, 3.8) is 0 Å². The normalized spacial score (nSPS) is 12.6. The second-order valence-corrected chi connectivity index (χ2v) is 2.26. The highest BCUT2D eigenvalue weighted by atomic mass is 16.7. The van der Waals surface area contributed by atoms with Crippen molar-refractivity contribution < 1.29 is 14.7 Å². The van der Waals surface area contributed by atoms with Crippen LogP contribution in [-0.2, 0) is 9.63 Å². The lowest BCUT2D eigenvalue weighted by molar-refractivity contribution is -0.145. The van der Waals surface area contributed by atoms with Crippen molar-refractivity contribution in [1.82, 2.24) is 0 Å². The summed E-state index contributed by atoms with van der Waals surface area (Å²) >= 11 is 0. The van der Waals surface area contributed by atoms with E-state index in [2.05, 4.69) is 10.7 Å². The molecule has 0 aromatic rings. The zero-order valence-electron chi connectivity index (χ0n) is 6.32. The summed E-state index contributed by atoms with van der Waals surface area (Å²) in [5.74, 6) is 3.99. The molecule has 0 radical (unpaired) electrons. The van der Waals surface area contributed by atoms with Crippen LogP contribution in [-0.4, -0.2) is 23.7 Å². The summed E-state index contributed by atoms with van der Waals surface area (Å²) in [6, 6.07) is -0.661. The Bertz CT molecular complexity index is 118. The van der Waals surface area contributed by atoms with Crippen LogP contribution in [0.2, 0.25) is 0 Å². The van der Waals surface area contributed by atoms with Crippen molar-refractivity contribution in [2.45, 2.75) is 25.3 Å². The van der Waals surface area contributed by atoms with Gasteiger partial charge in [0.25, 0.3) is 0 Å². The zero-order valence-corrected chi connectivity index (χ0v) is 6.32. The molecule has 0 saturated carbocycles. The lowest BCUT2D eigenvalue weighted by Gasteiger charge is -2.06. The molecular weight excluding hydrogens is 148 g/mol. The number of aliphatic hydroxyl groups excluding tert-OH is 1. The minimum atomic E-state index is -0.661. The van der Waals surface area contributed by atoms with Gasteiger partial charge in [0.1, 0.15) is 6.04 Å². The fourth-order valence-electron chi connectivity index (χ4n) is 0.681. The summed E-state index contributed by atoms with van der Waals surface area (Å²) in [6.07, 6.45) is 1.84. The molecule has 1 atom stereocenters. The van der Waals surface area contributed by atoms with Gasteiger partial charge in [0.2, 0.25) is 0 Å². The van der Waals surface area contributed by atoms with E-state index in [1.165, 1.54) is 0 Å². The van der Waals surface area contributed by atoms with E-state index in [0.717, 1.165) is 0 Å². The second-order valence-electron chi connectivity index (χ2n) is 2.26. The Kier molecular flexibility index (Phi) is 5.73. The van der Waals surface area contributed by atoms with E-state index in [1.807, 2.05) is 0 Å². The number of carbonyl (C=O) groups is 1. The number of hydrogen-bond donors (Lipinski definition) is 3. The second kappa shape index (κ2) is 6.09. The number of carbonyl (C=O) groups excluding carboxylic acids is 1. The summed E-state index contributed by atoms with van der Waals surface area (Å²) < 4.78 is 0. The molecule has 0 amide bonds. The topological polar surface area (TPSA) is 98.6 Å². The molecule has 0 aromatic heterocycles. The van der Waals surface area contributed by atoms with Crippen molar-refractivity contribution in [2.24, 2.45) is 11.6 Å². The molecule has 0 aromatic carbocycles. The van der Waals surface area contributed by atoms with Gasteiger partial charge >= 0.3 is 5.97 Å². The minimum absolute atomic E-state index is 0.115. The summed E-state index contributed by atoms with van der Waals surface area (Å²) in [7, 11) is 0. The van der Waals surface area contributed by atoms with E-state index in [4.69, 9.17) is 10.8 Å². The molecule has 0 fully saturated rings. The van der Waals surface area contributed by atoms with E-state index >= 15 is 0 Å². The molecular formula is C6H14N2O3. The van der Waals surface area contributed by atoms with Crippen LogP contribution >= 0.6 is 0 Å². The molecule has 0 heterocycles. The lowest BCUT2D eigenvalue weighted by atomic mass is 10.1. The average molecular weight is 162 g/mol. The Labute approximate surface area is 65.3 Å². The molecule has 5 nitrogen and oxygen atoms in total. The number of unbranched alkanes of at least 4 members (excludes halogenated alkanes) is 1. The quantitative estimate of drug-likeness (QED) is 0.352. The van der Waals surface area contributed by atoms with Gasteiger partial charge in [0.05, 0.1) is 0 Å². The smallest absolute Gasteiger partial charge is 0.341 e. The van der Waals surface area contributed by atoms with Crippen LogP contribution in [0.1, 0.15) is 19.3 Å². The number of nitrogens with two attached hydrogens (primary N) is 2. The van der Waals surface area contributed by atoms with E-state index in [1.54, 1.807) is 0 Å². The van der Waals surface area contributed by atoms with Gasteiger partial charge in [-0.1, -0.05) is 0 Å². The standard InChI is InChI=1S/C6H14N2O3/c7-5(6(10)11-8)3-1-2-4-9/h5,9H,1-4,7-8H2. The number of aliphatic hydroxyl groups is 1. The maximum Gasteiger partial charge on any atom is 0.341 e. The molecule has 5 N–H and O–H groups in total. The van der Waals surface area contributed by atoms with Crippen LogP contribution < -0.4 is 11.6 Å². The first kappa shape index (κ1) is 10.3. The third kappa shape index (κ3) is 4.72. The monoisotopic (exact) mass is 162 g/mol. The molecule has 0 rings (SSSR count). The van der Waals surface area contributed by atoms with Crippen LogP contribution in [0.5, 0.6) is 0 Å². The van der Waals surface area contributed by atoms with Crippen molar-refractivity contribution in [2.75, 3.05) is 6.61 Å². The number of rotatable bonds is 5. The van der Waals surface area contributed by atoms with Crippen molar-refractivity contribution >= 4 is 5.97 Å². The third-order valence-corrected chi connectivity index (χ3v) is 1.34. The third-order valence-electron chi connectivity index (χ3n) is 1.34. The molecule has 5 heteroatoms. The van der Waals surface area contributed by atoms with Crippen LogP contribution in [0.3, 0.4) is 0 Å². The van der Waals surface area contributed by atoms with E-state index in [9.17, 15) is 4.79 Å². The highest BCUT2D eigenvalue weighted by Crippen LogP contribution is 1.98. The highest BCUT2D eigenvalue weighted by Gasteiger charge is 2.12. The van der Waals surface area contributed by atoms with Gasteiger partial charge in [-0.25, -0.2) is 4.79 Å². The zero-order chi connectivity index (χ0) is 8.69. The summed E-state index contributed by atoms with van der Waals surface area (Å²) in [6.45, 7) is 0.115. The molecule has 0 aliphatic carbocycles. The Morgan fingerprint density at radius 2 is 2.18 bits per heavy atom. The Hall–Kier alpha value is -0.650. The Morgan fingerprint density at radius 3 is 2.64 bits per heavy atom. The molecule has 66 valence electrons. The predicted molar refractivity (Wildman–Crippen MR) is 39.2 cm³/mol. The van der Waals surface area contributed by atoms with Crippen LogP contribution in [0, 0.1) is 0 Å². The first-order chi connectivity index (χ1) is 5.22. The van der Waals surface area contributed by atoms with Gasteiger partial charge in [-0.15, -0.1) is 0 Å². The summed E-state index contributed by atoms with van der Waals surface area (Å²) in [5, 5.41) is 8.39. The molecule has 0 bridgehead atoms. The Morgan fingerprint density at radius 1 is 1.55 bits per heavy atom.